The summed E-state index contributed by atoms with van der Waals surface area (Å²) in [6.07, 6.45) is 0. The van der Waals surface area contributed by atoms with Crippen LogP contribution in [0, 0.1) is 11.8 Å². The molecule has 0 aliphatic heterocycles. The van der Waals surface area contributed by atoms with Crippen LogP contribution in [-0.2, 0) is 0 Å². The molecule has 0 atom stereocenters. The molecular formula is C30H38O4. The monoisotopic (exact) mass is 462 g/mol. The van der Waals surface area contributed by atoms with Crippen LogP contribution < -0.4 is 0 Å². The molecule has 4 aromatic rings. The first-order valence-corrected chi connectivity index (χ1v) is 11.2. The van der Waals surface area contributed by atoms with Gasteiger partial charge in [0, 0.05) is 0 Å². The molecule has 4 rings (SSSR count). The van der Waals surface area contributed by atoms with E-state index in [2.05, 4.69) is 27.7 Å². The van der Waals surface area contributed by atoms with E-state index >= 15 is 0 Å². The molecule has 4 aromatic carbocycles. The Morgan fingerprint density at radius 2 is 0.471 bits per heavy atom. The molecule has 4 N–H and O–H groups in total. The zero-order valence-corrected chi connectivity index (χ0v) is 20.5. The Labute approximate surface area is 204 Å². The number of phenolic OH excluding ortho intramolecular Hbond substituents is 4. The molecule has 0 fully saturated rings. The first-order valence-electron chi connectivity index (χ1n) is 11.2. The van der Waals surface area contributed by atoms with Crippen molar-refractivity contribution < 1.29 is 20.4 Å². The van der Waals surface area contributed by atoms with Crippen LogP contribution in [0.1, 0.15) is 27.7 Å². The lowest BCUT2D eigenvalue weighted by Gasteiger charge is -2.05. The molecule has 0 spiro atoms. The number of aromatic hydroxyl groups is 4. The van der Waals surface area contributed by atoms with Crippen molar-refractivity contribution in [2.24, 2.45) is 11.8 Å². The predicted octanol–water partition coefficient (Wildman–Crippen LogP) is 7.87. The van der Waals surface area contributed by atoms with Crippen LogP contribution in [0.15, 0.2) is 121 Å². The molecule has 0 unspecified atom stereocenters. The van der Waals surface area contributed by atoms with Crippen molar-refractivity contribution in [1.82, 2.24) is 0 Å². The quantitative estimate of drug-likeness (QED) is 0.232. The molecule has 0 bridgehead atoms. The molecule has 0 amide bonds. The van der Waals surface area contributed by atoms with Crippen molar-refractivity contribution in [2.45, 2.75) is 27.7 Å². The lowest BCUT2D eigenvalue weighted by Crippen LogP contribution is -1.95. The first kappa shape index (κ1) is 30.1. The van der Waals surface area contributed by atoms with Crippen molar-refractivity contribution in [2.75, 3.05) is 0 Å². The third-order valence-corrected chi connectivity index (χ3v) is 4.36. The fourth-order valence-corrected chi connectivity index (χ4v) is 1.71. The summed E-state index contributed by atoms with van der Waals surface area (Å²) in [5, 5.41) is 34.5. The van der Waals surface area contributed by atoms with Gasteiger partial charge in [-0.05, 0) is 60.4 Å². The second kappa shape index (κ2) is 19.7. The Hall–Kier alpha value is -3.92. The molecule has 34 heavy (non-hydrogen) atoms. The minimum absolute atomic E-state index is 0.322. The van der Waals surface area contributed by atoms with Gasteiger partial charge in [0.2, 0.25) is 0 Å². The fourth-order valence-electron chi connectivity index (χ4n) is 1.71. The van der Waals surface area contributed by atoms with Gasteiger partial charge in [-0.25, -0.2) is 0 Å². The maximum Gasteiger partial charge on any atom is 0.115 e. The van der Waals surface area contributed by atoms with E-state index in [1.165, 1.54) is 0 Å². The summed E-state index contributed by atoms with van der Waals surface area (Å²) in [4.78, 5) is 0. The zero-order chi connectivity index (χ0) is 25.6. The lowest BCUT2D eigenvalue weighted by molar-refractivity contribution is 0.457. The molecule has 0 aliphatic rings. The molecule has 0 saturated carbocycles. The van der Waals surface area contributed by atoms with Crippen LogP contribution >= 0.6 is 0 Å². The Morgan fingerprint density at radius 3 is 0.529 bits per heavy atom. The smallest absolute Gasteiger partial charge is 0.115 e. The molecule has 0 saturated heterocycles. The summed E-state index contributed by atoms with van der Waals surface area (Å²) in [7, 11) is 0. The van der Waals surface area contributed by atoms with E-state index in [4.69, 9.17) is 20.4 Å². The summed E-state index contributed by atoms with van der Waals surface area (Å²) in [5.74, 6) is 2.99. The highest BCUT2D eigenvalue weighted by Crippen LogP contribution is 2.06. The van der Waals surface area contributed by atoms with Crippen molar-refractivity contribution >= 4 is 0 Å². The van der Waals surface area contributed by atoms with E-state index in [9.17, 15) is 0 Å². The summed E-state index contributed by atoms with van der Waals surface area (Å²) in [6, 6.07) is 34.9. The normalized spacial score (nSPS) is 9.00. The Balaban J connectivity index is 0.000000401. The number of hydrogen-bond acceptors (Lipinski definition) is 4. The molecule has 0 radical (unpaired) electrons. The third-order valence-electron chi connectivity index (χ3n) is 4.36. The summed E-state index contributed by atoms with van der Waals surface area (Å²) in [6.45, 7) is 8.96. The van der Waals surface area contributed by atoms with Gasteiger partial charge in [0.05, 0.1) is 0 Å². The number of para-hydroxylation sites is 4. The molecule has 4 nitrogen and oxygen atoms in total. The number of hydrogen-bond donors (Lipinski definition) is 4. The highest BCUT2D eigenvalue weighted by atomic mass is 16.3. The average molecular weight is 463 g/mol. The molecular weight excluding hydrogens is 424 g/mol. The van der Waals surface area contributed by atoms with E-state index in [-0.39, 0.29) is 0 Å². The van der Waals surface area contributed by atoms with Crippen LogP contribution in [0.4, 0.5) is 0 Å². The van der Waals surface area contributed by atoms with Crippen molar-refractivity contribution in [3.8, 4) is 23.0 Å². The minimum atomic E-state index is 0.322. The van der Waals surface area contributed by atoms with Gasteiger partial charge in [0.15, 0.2) is 0 Å². The van der Waals surface area contributed by atoms with E-state index < -0.39 is 0 Å². The van der Waals surface area contributed by atoms with Crippen LogP contribution in [0.3, 0.4) is 0 Å². The second-order valence-corrected chi connectivity index (χ2v) is 7.83. The predicted molar refractivity (Wildman–Crippen MR) is 142 cm³/mol. The van der Waals surface area contributed by atoms with E-state index in [1.807, 2.05) is 24.3 Å². The average Bonchev–Trinajstić information content (AvgIpc) is 2.83. The Morgan fingerprint density at radius 1 is 0.324 bits per heavy atom. The largest absolute Gasteiger partial charge is 0.508 e. The molecule has 0 heterocycles. The topological polar surface area (TPSA) is 80.9 Å². The molecule has 0 aromatic heterocycles. The lowest BCUT2D eigenvalue weighted by atomic mass is 10.0. The van der Waals surface area contributed by atoms with E-state index in [0.717, 1.165) is 11.8 Å². The van der Waals surface area contributed by atoms with Gasteiger partial charge in [-0.1, -0.05) is 100 Å². The summed E-state index contributed by atoms with van der Waals surface area (Å²) < 4.78 is 0. The van der Waals surface area contributed by atoms with Gasteiger partial charge in [0.25, 0.3) is 0 Å². The fraction of sp³-hybridized carbons (Fsp3) is 0.200. The van der Waals surface area contributed by atoms with Gasteiger partial charge < -0.3 is 20.4 Å². The number of rotatable bonds is 1. The molecule has 4 heteroatoms. The SMILES string of the molecule is CC(C)C(C)C.Oc1ccccc1.Oc1ccccc1.Oc1ccccc1.Oc1ccccc1. The van der Waals surface area contributed by atoms with Crippen molar-refractivity contribution in [3.05, 3.63) is 121 Å². The summed E-state index contributed by atoms with van der Waals surface area (Å²) >= 11 is 0. The standard InChI is InChI=1S/4C6H6O.C6H14/c4*7-6-4-2-1-3-5-6;1-5(2)6(3)4/h4*1-5,7H;5-6H,1-4H3. The van der Waals surface area contributed by atoms with E-state index in [1.54, 1.807) is 97.1 Å². The molecule has 182 valence electrons. The second-order valence-electron chi connectivity index (χ2n) is 7.83. The van der Waals surface area contributed by atoms with Gasteiger partial charge in [-0.2, -0.15) is 0 Å². The maximum atomic E-state index is 8.63. The van der Waals surface area contributed by atoms with Crippen LogP contribution in [-0.4, -0.2) is 20.4 Å². The Kier molecular flexibility index (Phi) is 17.5. The number of benzene rings is 4. The third kappa shape index (κ3) is 20.0. The van der Waals surface area contributed by atoms with Crippen LogP contribution in [0.5, 0.6) is 23.0 Å². The van der Waals surface area contributed by atoms with Gasteiger partial charge in [0.1, 0.15) is 23.0 Å². The van der Waals surface area contributed by atoms with Gasteiger partial charge in [-0.15, -0.1) is 0 Å². The minimum Gasteiger partial charge on any atom is -0.508 e. The zero-order valence-electron chi connectivity index (χ0n) is 20.5. The van der Waals surface area contributed by atoms with Crippen molar-refractivity contribution in [3.63, 3.8) is 0 Å². The van der Waals surface area contributed by atoms with Crippen molar-refractivity contribution in [1.29, 1.82) is 0 Å². The number of phenols is 4. The highest BCUT2D eigenvalue weighted by molar-refractivity contribution is 5.20. The van der Waals surface area contributed by atoms with Crippen LogP contribution in [0.2, 0.25) is 0 Å². The van der Waals surface area contributed by atoms with Crippen LogP contribution in [0.25, 0.3) is 0 Å². The van der Waals surface area contributed by atoms with Gasteiger partial charge >= 0.3 is 0 Å². The Bertz CT molecular complexity index is 770. The molecule has 0 aliphatic carbocycles. The van der Waals surface area contributed by atoms with Gasteiger partial charge in [-0.3, -0.25) is 0 Å². The maximum absolute atomic E-state index is 8.63. The van der Waals surface area contributed by atoms with E-state index in [0.29, 0.717) is 23.0 Å². The summed E-state index contributed by atoms with van der Waals surface area (Å²) in [5.41, 5.74) is 0. The first-order chi connectivity index (χ1) is 16.2. The highest BCUT2D eigenvalue weighted by Gasteiger charge is 1.95.